The fourth-order valence-corrected chi connectivity index (χ4v) is 4.31. The van der Waals surface area contributed by atoms with E-state index in [9.17, 15) is 8.78 Å². The van der Waals surface area contributed by atoms with Crippen LogP contribution in [0.25, 0.3) is 28.3 Å². The zero-order valence-corrected chi connectivity index (χ0v) is 19.4. The Morgan fingerprint density at radius 2 is 1.85 bits per heavy atom. The van der Waals surface area contributed by atoms with Crippen molar-refractivity contribution in [1.29, 1.82) is 0 Å². The lowest BCUT2D eigenvalue weighted by Gasteiger charge is -2.20. The summed E-state index contributed by atoms with van der Waals surface area (Å²) in [5, 5.41) is 9.22. The molecule has 172 valence electrons. The quantitative estimate of drug-likeness (QED) is 0.306. The molecular formula is C25H20ClF2N5O. The molecule has 1 unspecified atom stereocenters. The Hall–Kier alpha value is -3.78. The van der Waals surface area contributed by atoms with Crippen molar-refractivity contribution in [1.82, 2.24) is 24.3 Å². The van der Waals surface area contributed by atoms with Gasteiger partial charge in [0.15, 0.2) is 5.82 Å². The molecule has 2 aliphatic rings. The first kappa shape index (κ1) is 22.0. The van der Waals surface area contributed by atoms with Gasteiger partial charge in [-0.25, -0.2) is 13.8 Å². The van der Waals surface area contributed by atoms with Gasteiger partial charge >= 0.3 is 0 Å². The number of pyridine rings is 1. The molecule has 5 rings (SSSR count). The molecule has 0 amide bonds. The highest BCUT2D eigenvalue weighted by atomic mass is 35.5. The van der Waals surface area contributed by atoms with Gasteiger partial charge in [0, 0.05) is 35.2 Å². The molecule has 0 fully saturated rings. The molecule has 2 aliphatic heterocycles. The number of halogens is 3. The van der Waals surface area contributed by atoms with Crippen molar-refractivity contribution in [3.8, 4) is 34.1 Å². The molecule has 0 aliphatic carbocycles. The maximum atomic E-state index is 14.5. The number of rotatable bonds is 5. The molecule has 9 heteroatoms. The average Bonchev–Trinajstić information content (AvgIpc) is 3.44. The normalized spacial score (nSPS) is 12.3. The molecule has 0 bridgehead atoms. The fourth-order valence-electron chi connectivity index (χ4n) is 4.09. The van der Waals surface area contributed by atoms with Crippen LogP contribution in [0.3, 0.4) is 0 Å². The lowest BCUT2D eigenvalue weighted by molar-refractivity contribution is 0.413. The minimum absolute atomic E-state index is 0.321. The number of nitrogens with zero attached hydrogens (tertiary/aromatic N) is 5. The van der Waals surface area contributed by atoms with Crippen LogP contribution >= 0.6 is 11.6 Å². The van der Waals surface area contributed by atoms with Crippen LogP contribution in [0, 0.1) is 18.6 Å². The second kappa shape index (κ2) is 8.53. The van der Waals surface area contributed by atoms with E-state index in [0.717, 1.165) is 23.0 Å². The molecule has 3 aromatic rings. The van der Waals surface area contributed by atoms with Crippen LogP contribution in [0.1, 0.15) is 24.2 Å². The van der Waals surface area contributed by atoms with Gasteiger partial charge in [0.1, 0.15) is 23.1 Å². The SMILES string of the molecule is COc1cc(-c2nnc3n(C(C)c4ccc(F)cc4F)cc(Cl)cc2-3)ccc1-n1cnc(C)c1. The summed E-state index contributed by atoms with van der Waals surface area (Å²) in [5.41, 5.74) is 4.16. The lowest BCUT2D eigenvalue weighted by Crippen LogP contribution is -2.12. The number of hydrogen-bond donors (Lipinski definition) is 0. The topological polar surface area (TPSA) is 57.8 Å². The van der Waals surface area contributed by atoms with Crippen LogP contribution < -0.4 is 4.74 Å². The molecule has 34 heavy (non-hydrogen) atoms. The Morgan fingerprint density at radius 3 is 2.56 bits per heavy atom. The highest BCUT2D eigenvalue weighted by molar-refractivity contribution is 6.30. The van der Waals surface area contributed by atoms with Crippen molar-refractivity contribution in [2.75, 3.05) is 7.11 Å². The Labute approximate surface area is 199 Å². The van der Waals surface area contributed by atoms with E-state index in [2.05, 4.69) is 15.2 Å². The summed E-state index contributed by atoms with van der Waals surface area (Å²) in [7, 11) is 1.60. The van der Waals surface area contributed by atoms with E-state index in [0.29, 0.717) is 33.4 Å². The summed E-state index contributed by atoms with van der Waals surface area (Å²) in [6.07, 6.45) is 5.30. The van der Waals surface area contributed by atoms with E-state index in [-0.39, 0.29) is 0 Å². The molecule has 0 saturated heterocycles. The van der Waals surface area contributed by atoms with Crippen LogP contribution in [0.4, 0.5) is 8.78 Å². The minimum atomic E-state index is -0.636. The molecule has 2 aromatic carbocycles. The van der Waals surface area contributed by atoms with Crippen molar-refractivity contribution in [2.24, 2.45) is 0 Å². The van der Waals surface area contributed by atoms with E-state index in [1.807, 2.05) is 35.9 Å². The van der Waals surface area contributed by atoms with E-state index in [1.54, 1.807) is 37.2 Å². The van der Waals surface area contributed by atoms with E-state index in [4.69, 9.17) is 16.3 Å². The maximum Gasteiger partial charge on any atom is 0.165 e. The zero-order valence-electron chi connectivity index (χ0n) is 18.6. The molecule has 6 nitrogen and oxygen atoms in total. The summed E-state index contributed by atoms with van der Waals surface area (Å²) < 4.78 is 37.1. The van der Waals surface area contributed by atoms with Crippen LogP contribution in [0.5, 0.6) is 5.75 Å². The average molecular weight is 480 g/mol. The van der Waals surface area contributed by atoms with Crippen molar-refractivity contribution in [3.05, 3.63) is 89.1 Å². The Balaban J connectivity index is 1.58. The van der Waals surface area contributed by atoms with Gasteiger partial charge < -0.3 is 13.9 Å². The molecule has 0 saturated carbocycles. The number of imidazole rings is 1. The van der Waals surface area contributed by atoms with Gasteiger partial charge in [-0.2, -0.15) is 0 Å². The number of ether oxygens (including phenoxy) is 1. The Bertz CT molecular complexity index is 1480. The number of benzene rings is 2. The lowest BCUT2D eigenvalue weighted by atomic mass is 10.0. The molecule has 0 spiro atoms. The van der Waals surface area contributed by atoms with Crippen molar-refractivity contribution in [2.45, 2.75) is 19.9 Å². The van der Waals surface area contributed by atoms with E-state index in [1.165, 1.54) is 12.1 Å². The first-order valence-electron chi connectivity index (χ1n) is 10.5. The van der Waals surface area contributed by atoms with Crippen molar-refractivity contribution >= 4 is 11.6 Å². The number of aromatic nitrogens is 5. The van der Waals surface area contributed by atoms with Crippen LogP contribution in [-0.2, 0) is 0 Å². The zero-order chi connectivity index (χ0) is 24.0. The van der Waals surface area contributed by atoms with Gasteiger partial charge in [-0.15, -0.1) is 10.2 Å². The predicted molar refractivity (Wildman–Crippen MR) is 126 cm³/mol. The number of hydrogen-bond acceptors (Lipinski definition) is 4. The number of aryl methyl sites for hydroxylation is 1. The summed E-state index contributed by atoms with van der Waals surface area (Å²) in [6, 6.07) is 10.5. The third-order valence-corrected chi connectivity index (χ3v) is 6.01. The number of methoxy groups -OCH3 is 1. The van der Waals surface area contributed by atoms with Gasteiger partial charge in [-0.1, -0.05) is 23.7 Å². The minimum Gasteiger partial charge on any atom is -0.495 e. The molecule has 3 heterocycles. The summed E-state index contributed by atoms with van der Waals surface area (Å²) >= 11 is 6.44. The van der Waals surface area contributed by atoms with Crippen LogP contribution in [0.2, 0.25) is 5.02 Å². The van der Waals surface area contributed by atoms with Gasteiger partial charge in [-0.3, -0.25) is 0 Å². The summed E-state index contributed by atoms with van der Waals surface area (Å²) in [5.74, 6) is -0.0946. The third kappa shape index (κ3) is 3.80. The summed E-state index contributed by atoms with van der Waals surface area (Å²) in [4.78, 5) is 4.27. The summed E-state index contributed by atoms with van der Waals surface area (Å²) in [6.45, 7) is 3.71. The molecule has 1 atom stereocenters. The van der Waals surface area contributed by atoms with Crippen LogP contribution in [-0.4, -0.2) is 31.4 Å². The standard InChI is InChI=1S/C25H20ClF2N5O/c1-14-11-32(13-29-14)22-7-4-16(8-23(22)34-3)24-20-9-17(26)12-33(25(20)31-30-24)15(2)19-6-5-18(27)10-21(19)28/h4-13,15H,1-3H3. The molecule has 1 aromatic heterocycles. The molecule has 0 N–H and O–H groups in total. The number of fused-ring (bicyclic) bond motifs is 1. The van der Waals surface area contributed by atoms with Gasteiger partial charge in [0.05, 0.1) is 35.9 Å². The highest BCUT2D eigenvalue weighted by Crippen LogP contribution is 2.38. The monoisotopic (exact) mass is 479 g/mol. The van der Waals surface area contributed by atoms with E-state index >= 15 is 0 Å². The van der Waals surface area contributed by atoms with E-state index < -0.39 is 17.7 Å². The fraction of sp³-hybridized carbons (Fsp3) is 0.160. The maximum absolute atomic E-state index is 14.5. The predicted octanol–water partition coefficient (Wildman–Crippen LogP) is 6.09. The largest absolute Gasteiger partial charge is 0.495 e. The van der Waals surface area contributed by atoms with Gasteiger partial charge in [0.25, 0.3) is 0 Å². The van der Waals surface area contributed by atoms with Gasteiger partial charge in [-0.05, 0) is 38.1 Å². The molecular weight excluding hydrogens is 460 g/mol. The first-order valence-corrected chi connectivity index (χ1v) is 10.9. The smallest absolute Gasteiger partial charge is 0.165 e. The Kier molecular flexibility index (Phi) is 5.53. The van der Waals surface area contributed by atoms with Crippen LogP contribution in [0.15, 0.2) is 61.2 Å². The Morgan fingerprint density at radius 1 is 1.03 bits per heavy atom. The third-order valence-electron chi connectivity index (χ3n) is 5.80. The van der Waals surface area contributed by atoms with Crippen molar-refractivity contribution in [3.63, 3.8) is 0 Å². The second-order valence-corrected chi connectivity index (χ2v) is 8.44. The van der Waals surface area contributed by atoms with Crippen molar-refractivity contribution < 1.29 is 13.5 Å². The van der Waals surface area contributed by atoms with Gasteiger partial charge in [0.2, 0.25) is 0 Å². The highest BCUT2D eigenvalue weighted by Gasteiger charge is 2.24. The molecule has 0 radical (unpaired) electrons. The second-order valence-electron chi connectivity index (χ2n) is 8.00. The first-order chi connectivity index (χ1) is 16.4.